The molecule has 1 saturated heterocycles. The third kappa shape index (κ3) is 2.57. The molecule has 8 heteroatoms. The third-order valence-electron chi connectivity index (χ3n) is 4.12. The van der Waals surface area contributed by atoms with E-state index < -0.39 is 17.8 Å². The van der Waals surface area contributed by atoms with Gasteiger partial charge in [0.1, 0.15) is 5.01 Å². The predicted molar refractivity (Wildman–Crippen MR) is 88.1 cm³/mol. The normalized spacial score (nSPS) is 18.5. The number of para-hydroxylation sites is 1. The highest BCUT2D eigenvalue weighted by Gasteiger charge is 2.50. The number of fused-ring (bicyclic) bond motifs is 1. The van der Waals surface area contributed by atoms with Crippen molar-refractivity contribution in [3.05, 3.63) is 29.3 Å². The highest BCUT2D eigenvalue weighted by Crippen LogP contribution is 2.31. The van der Waals surface area contributed by atoms with Gasteiger partial charge >= 0.3 is 17.8 Å². The Morgan fingerprint density at radius 2 is 1.96 bits per heavy atom. The molecule has 7 nitrogen and oxygen atoms in total. The number of carbonyl (C=O) groups excluding carboxylic acids is 3. The minimum atomic E-state index is -0.733. The highest BCUT2D eigenvalue weighted by atomic mass is 32.1. The lowest BCUT2D eigenvalue weighted by molar-refractivity contribution is -0.144. The zero-order valence-corrected chi connectivity index (χ0v) is 14.0. The highest BCUT2D eigenvalue weighted by molar-refractivity contribution is 7.18. The molecular weight excluding hydrogens is 328 g/mol. The number of amides is 4. The molecule has 1 aliphatic heterocycles. The molecule has 0 N–H and O–H groups in total. The summed E-state index contributed by atoms with van der Waals surface area (Å²) in [4.78, 5) is 44.8. The molecule has 1 aromatic heterocycles. The van der Waals surface area contributed by atoms with Crippen molar-refractivity contribution in [2.45, 2.75) is 25.4 Å². The summed E-state index contributed by atoms with van der Waals surface area (Å²) in [5.41, 5.74) is 0.939. The smallest absolute Gasteiger partial charge is 0.282 e. The summed E-state index contributed by atoms with van der Waals surface area (Å²) in [5.74, 6) is -1.43. The van der Waals surface area contributed by atoms with Gasteiger partial charge < -0.3 is 0 Å². The molecular formula is C16H16N4O3S. The second-order valence-corrected chi connectivity index (χ2v) is 7.27. The molecule has 1 saturated carbocycles. The van der Waals surface area contributed by atoms with Crippen molar-refractivity contribution in [3.63, 3.8) is 0 Å². The van der Waals surface area contributed by atoms with E-state index in [1.54, 1.807) is 18.4 Å². The monoisotopic (exact) mass is 344 g/mol. The van der Waals surface area contributed by atoms with Crippen LogP contribution < -0.4 is 0 Å². The van der Waals surface area contributed by atoms with Crippen molar-refractivity contribution < 1.29 is 14.4 Å². The Morgan fingerprint density at radius 1 is 1.21 bits per heavy atom. The zero-order chi connectivity index (χ0) is 16.8. The van der Waals surface area contributed by atoms with Crippen LogP contribution in [0.3, 0.4) is 0 Å². The van der Waals surface area contributed by atoms with Crippen LogP contribution in [0.4, 0.5) is 4.79 Å². The van der Waals surface area contributed by atoms with Crippen LogP contribution >= 0.6 is 11.3 Å². The van der Waals surface area contributed by atoms with Crippen LogP contribution in [-0.2, 0) is 16.1 Å². The van der Waals surface area contributed by atoms with Gasteiger partial charge in [-0.1, -0.05) is 12.1 Å². The maximum Gasteiger partial charge on any atom is 0.335 e. The molecule has 124 valence electrons. The quantitative estimate of drug-likeness (QED) is 0.609. The van der Waals surface area contributed by atoms with Crippen LogP contribution in [-0.4, -0.2) is 57.3 Å². The van der Waals surface area contributed by atoms with Crippen LogP contribution in [0.25, 0.3) is 10.2 Å². The van der Waals surface area contributed by atoms with E-state index in [1.165, 1.54) is 0 Å². The number of benzene rings is 1. The fourth-order valence-electron chi connectivity index (χ4n) is 2.81. The van der Waals surface area contributed by atoms with Crippen molar-refractivity contribution in [1.82, 2.24) is 19.7 Å². The molecule has 1 aromatic carbocycles. The number of thiazole rings is 1. The van der Waals surface area contributed by atoms with E-state index in [4.69, 9.17) is 0 Å². The molecule has 1 aliphatic carbocycles. The molecule has 2 fully saturated rings. The molecule has 0 unspecified atom stereocenters. The fourth-order valence-corrected chi connectivity index (χ4v) is 3.86. The van der Waals surface area contributed by atoms with Gasteiger partial charge in [-0.2, -0.15) is 0 Å². The maximum atomic E-state index is 12.3. The SMILES string of the molecule is CN(Cc1nc2ccccc2s1)CN1C(=O)C(=O)N(C2CC2)C1=O. The average Bonchev–Trinajstić information content (AvgIpc) is 3.26. The Labute approximate surface area is 142 Å². The molecule has 0 spiro atoms. The molecule has 24 heavy (non-hydrogen) atoms. The summed E-state index contributed by atoms with van der Waals surface area (Å²) < 4.78 is 1.10. The molecule has 2 aromatic rings. The number of nitrogens with zero attached hydrogens (tertiary/aromatic N) is 4. The molecule has 2 aliphatic rings. The topological polar surface area (TPSA) is 73.8 Å². The fraction of sp³-hybridized carbons (Fsp3) is 0.375. The Morgan fingerprint density at radius 3 is 2.67 bits per heavy atom. The van der Waals surface area contributed by atoms with Gasteiger partial charge in [-0.25, -0.2) is 14.7 Å². The Kier molecular flexibility index (Phi) is 3.58. The summed E-state index contributed by atoms with van der Waals surface area (Å²) in [5, 5.41) is 0.906. The van der Waals surface area contributed by atoms with Gasteiger partial charge in [-0.15, -0.1) is 11.3 Å². The minimum absolute atomic E-state index is 0.0859. The van der Waals surface area contributed by atoms with Crippen LogP contribution in [0.15, 0.2) is 24.3 Å². The van der Waals surface area contributed by atoms with Crippen LogP contribution in [0, 0.1) is 0 Å². The first-order chi connectivity index (χ1) is 11.5. The van der Waals surface area contributed by atoms with E-state index in [-0.39, 0.29) is 12.7 Å². The first kappa shape index (κ1) is 15.2. The van der Waals surface area contributed by atoms with Gasteiger partial charge in [0.05, 0.1) is 23.4 Å². The van der Waals surface area contributed by atoms with Crippen LogP contribution in [0.2, 0.25) is 0 Å². The van der Waals surface area contributed by atoms with E-state index >= 15 is 0 Å². The third-order valence-corrected chi connectivity index (χ3v) is 5.14. The average molecular weight is 344 g/mol. The summed E-state index contributed by atoms with van der Waals surface area (Å²) in [7, 11) is 1.80. The van der Waals surface area contributed by atoms with Gasteiger partial charge in [0.25, 0.3) is 0 Å². The second-order valence-electron chi connectivity index (χ2n) is 6.15. The van der Waals surface area contributed by atoms with E-state index in [0.717, 1.165) is 37.9 Å². The molecule has 0 atom stereocenters. The lowest BCUT2D eigenvalue weighted by Gasteiger charge is -2.21. The molecule has 0 bridgehead atoms. The van der Waals surface area contributed by atoms with Gasteiger partial charge in [0, 0.05) is 6.04 Å². The van der Waals surface area contributed by atoms with Crippen LogP contribution in [0.5, 0.6) is 0 Å². The number of rotatable bonds is 5. The largest absolute Gasteiger partial charge is 0.335 e. The predicted octanol–water partition coefficient (Wildman–Crippen LogP) is 1.64. The maximum absolute atomic E-state index is 12.3. The Balaban J connectivity index is 1.45. The van der Waals surface area contributed by atoms with Crippen molar-refractivity contribution in [2.75, 3.05) is 13.7 Å². The van der Waals surface area contributed by atoms with E-state index in [9.17, 15) is 14.4 Å². The summed E-state index contributed by atoms with van der Waals surface area (Å²) in [6.45, 7) is 0.594. The summed E-state index contributed by atoms with van der Waals surface area (Å²) >= 11 is 1.58. The van der Waals surface area contributed by atoms with Crippen molar-refractivity contribution in [2.24, 2.45) is 0 Å². The molecule has 4 amide bonds. The van der Waals surface area contributed by atoms with Gasteiger partial charge in [0.15, 0.2) is 0 Å². The van der Waals surface area contributed by atoms with Gasteiger partial charge in [-0.05, 0) is 32.0 Å². The van der Waals surface area contributed by atoms with E-state index in [0.29, 0.717) is 6.54 Å². The number of hydrogen-bond donors (Lipinski definition) is 0. The molecule has 4 rings (SSSR count). The number of aromatic nitrogens is 1. The van der Waals surface area contributed by atoms with E-state index in [2.05, 4.69) is 4.98 Å². The number of imide groups is 2. The standard InChI is InChI=1S/C16H16N4O3S/c1-18(8-13-17-11-4-2-3-5-12(11)24-13)9-19-14(21)15(22)20(16(19)23)10-6-7-10/h2-5,10H,6-9H2,1H3. The Hall–Kier alpha value is -2.32. The van der Waals surface area contributed by atoms with Gasteiger partial charge in [0.2, 0.25) is 0 Å². The molecule has 2 heterocycles. The van der Waals surface area contributed by atoms with Crippen LogP contribution in [0.1, 0.15) is 17.8 Å². The number of hydrogen-bond acceptors (Lipinski definition) is 6. The first-order valence-electron chi connectivity index (χ1n) is 7.76. The lowest BCUT2D eigenvalue weighted by atomic mass is 10.3. The number of carbonyl (C=O) groups is 3. The van der Waals surface area contributed by atoms with Crippen molar-refractivity contribution >= 4 is 39.4 Å². The second kappa shape index (κ2) is 5.64. The van der Waals surface area contributed by atoms with Crippen molar-refractivity contribution in [1.29, 1.82) is 0 Å². The summed E-state index contributed by atoms with van der Waals surface area (Å²) in [6, 6.07) is 7.28. The zero-order valence-electron chi connectivity index (χ0n) is 13.1. The minimum Gasteiger partial charge on any atom is -0.282 e. The van der Waals surface area contributed by atoms with E-state index in [1.807, 2.05) is 29.2 Å². The molecule has 0 radical (unpaired) electrons. The lowest BCUT2D eigenvalue weighted by Crippen LogP contribution is -2.40. The number of urea groups is 1. The van der Waals surface area contributed by atoms with Gasteiger partial charge in [-0.3, -0.25) is 19.4 Å². The van der Waals surface area contributed by atoms with Crippen molar-refractivity contribution in [3.8, 4) is 0 Å². The Bertz CT molecular complexity index is 812. The summed E-state index contributed by atoms with van der Waals surface area (Å²) in [6.07, 6.45) is 1.58. The first-order valence-corrected chi connectivity index (χ1v) is 8.58.